The molecule has 8 atom stereocenters. The van der Waals surface area contributed by atoms with Gasteiger partial charge >= 0.3 is 0 Å². The summed E-state index contributed by atoms with van der Waals surface area (Å²) in [5.41, 5.74) is 0.998. The predicted molar refractivity (Wildman–Crippen MR) is 122 cm³/mol. The van der Waals surface area contributed by atoms with Crippen LogP contribution in [0.4, 0.5) is 0 Å². The first-order valence-electron chi connectivity index (χ1n) is 12.9. The number of carbonyl (C=O) groups excluding carboxylic acids is 1. The minimum atomic E-state index is -0.135. The molecule has 4 aliphatic carbocycles. The number of rotatable bonds is 6. The van der Waals surface area contributed by atoms with Crippen LogP contribution in [0.25, 0.3) is 0 Å². The zero-order valence-electron chi connectivity index (χ0n) is 20.1. The molecule has 0 bridgehead atoms. The molecular weight excluding hydrogens is 402 g/mol. The minimum Gasteiger partial charge on any atom is -0.390 e. The van der Waals surface area contributed by atoms with Crippen LogP contribution < -0.4 is 0 Å². The normalized spacial score (nSPS) is 43.4. The van der Waals surface area contributed by atoms with Gasteiger partial charge in [-0.3, -0.25) is 4.79 Å². The predicted octanol–water partition coefficient (Wildman–Crippen LogP) is 4.26. The Bertz CT molecular complexity index is 840. The summed E-state index contributed by atoms with van der Waals surface area (Å²) in [7, 11) is 1.90. The van der Waals surface area contributed by atoms with E-state index >= 15 is 0 Å². The lowest BCUT2D eigenvalue weighted by Gasteiger charge is -2.61. The van der Waals surface area contributed by atoms with Gasteiger partial charge in [0.05, 0.1) is 19.4 Å². The lowest BCUT2D eigenvalue weighted by atomic mass is 9.44. The third kappa shape index (κ3) is 3.48. The van der Waals surface area contributed by atoms with Crippen molar-refractivity contribution in [2.75, 3.05) is 13.7 Å². The highest BCUT2D eigenvalue weighted by Gasteiger charge is 2.62. The smallest absolute Gasteiger partial charge is 0.159 e. The number of Topliss-reactive ketones (excluding diaryl/α,β-unsaturated/α-hetero) is 1. The number of hydrogen-bond donors (Lipinski definition) is 1. The summed E-state index contributed by atoms with van der Waals surface area (Å²) in [6.45, 7) is 5.87. The van der Waals surface area contributed by atoms with Crippen molar-refractivity contribution in [1.82, 2.24) is 15.0 Å². The van der Waals surface area contributed by atoms with Crippen LogP contribution in [0.2, 0.25) is 0 Å². The van der Waals surface area contributed by atoms with Gasteiger partial charge in [-0.1, -0.05) is 20.3 Å². The number of aliphatic hydroxyl groups is 1. The first kappa shape index (κ1) is 22.5. The third-order valence-corrected chi connectivity index (χ3v) is 10.5. The maximum atomic E-state index is 13.4. The second kappa shape index (κ2) is 8.50. The van der Waals surface area contributed by atoms with Gasteiger partial charge in [-0.15, -0.1) is 0 Å². The molecule has 32 heavy (non-hydrogen) atoms. The molecule has 0 saturated heterocycles. The molecule has 4 saturated carbocycles. The number of aliphatic hydroxyl groups excluding tert-OH is 1. The van der Waals surface area contributed by atoms with Crippen LogP contribution in [0.1, 0.15) is 77.3 Å². The van der Waals surface area contributed by atoms with Gasteiger partial charge in [-0.2, -0.15) is 15.0 Å². The summed E-state index contributed by atoms with van der Waals surface area (Å²) in [4.78, 5) is 14.8. The topological polar surface area (TPSA) is 77.2 Å². The molecule has 178 valence electrons. The molecule has 4 aliphatic rings. The Morgan fingerprint density at radius 3 is 2.78 bits per heavy atom. The van der Waals surface area contributed by atoms with Crippen molar-refractivity contribution < 1.29 is 14.6 Å². The summed E-state index contributed by atoms with van der Waals surface area (Å²) in [6, 6.07) is 0. The van der Waals surface area contributed by atoms with E-state index in [0.29, 0.717) is 17.0 Å². The first-order chi connectivity index (χ1) is 15.4. The van der Waals surface area contributed by atoms with E-state index < -0.39 is 0 Å². The lowest BCUT2D eigenvalue weighted by molar-refractivity contribution is -0.154. The fourth-order valence-electron chi connectivity index (χ4n) is 9.07. The first-order valence-corrected chi connectivity index (χ1v) is 12.9. The fraction of sp³-hybridized carbons (Fsp3) is 0.885. The minimum absolute atomic E-state index is 0.105. The number of hydrogen-bond acceptors (Lipinski definition) is 5. The number of carbonyl (C=O) groups is 1. The molecule has 4 fully saturated rings. The molecule has 6 nitrogen and oxygen atoms in total. The SMILES string of the molecule is COCC12CCC(C)CC1CCC1C3CCC(C(=O)Cn4ncc(CO)n4)C3(C)CCC12. The number of ether oxygens (including phenoxy) is 1. The second-order valence-corrected chi connectivity index (χ2v) is 11.9. The molecule has 1 heterocycles. The molecule has 0 radical (unpaired) electrons. The van der Waals surface area contributed by atoms with Gasteiger partial charge in [0, 0.05) is 13.0 Å². The number of methoxy groups -OCH3 is 1. The molecule has 6 heteroatoms. The van der Waals surface area contributed by atoms with Crippen molar-refractivity contribution >= 4 is 5.78 Å². The maximum Gasteiger partial charge on any atom is 0.159 e. The van der Waals surface area contributed by atoms with E-state index in [4.69, 9.17) is 4.74 Å². The van der Waals surface area contributed by atoms with Crippen LogP contribution in [0, 0.1) is 46.3 Å². The Balaban J connectivity index is 1.35. The van der Waals surface area contributed by atoms with Gasteiger partial charge in [0.1, 0.15) is 12.2 Å². The lowest BCUT2D eigenvalue weighted by Crippen LogP contribution is -2.56. The van der Waals surface area contributed by atoms with Crippen LogP contribution in [-0.2, 0) is 22.7 Å². The molecule has 5 rings (SSSR count). The molecule has 0 amide bonds. The van der Waals surface area contributed by atoms with E-state index in [0.717, 1.165) is 43.1 Å². The fourth-order valence-corrected chi connectivity index (χ4v) is 9.07. The van der Waals surface area contributed by atoms with Crippen LogP contribution in [0.15, 0.2) is 6.20 Å². The van der Waals surface area contributed by atoms with Crippen LogP contribution >= 0.6 is 0 Å². The summed E-state index contributed by atoms with van der Waals surface area (Å²) >= 11 is 0. The Labute approximate surface area is 192 Å². The van der Waals surface area contributed by atoms with Gasteiger partial charge in [-0.05, 0) is 91.8 Å². The molecular formula is C26H41N3O3. The number of nitrogens with zero attached hydrogens (tertiary/aromatic N) is 3. The van der Waals surface area contributed by atoms with Gasteiger partial charge in [0.25, 0.3) is 0 Å². The van der Waals surface area contributed by atoms with Gasteiger partial charge in [0.15, 0.2) is 5.78 Å². The summed E-state index contributed by atoms with van der Waals surface area (Å²) < 4.78 is 5.91. The summed E-state index contributed by atoms with van der Waals surface area (Å²) in [6.07, 6.45) is 12.9. The van der Waals surface area contributed by atoms with Gasteiger partial charge in [-0.25, -0.2) is 0 Å². The summed E-state index contributed by atoms with van der Waals surface area (Å²) in [5.74, 6) is 4.23. The molecule has 1 aromatic rings. The number of fused-ring (bicyclic) bond motifs is 5. The zero-order chi connectivity index (χ0) is 22.5. The average Bonchev–Trinajstić information content (AvgIpc) is 3.37. The highest BCUT2D eigenvalue weighted by Crippen LogP contribution is 2.68. The molecule has 0 spiro atoms. The monoisotopic (exact) mass is 443 g/mol. The van der Waals surface area contributed by atoms with Crippen molar-refractivity contribution in [3.05, 3.63) is 11.9 Å². The van der Waals surface area contributed by atoms with Crippen molar-refractivity contribution in [2.24, 2.45) is 46.3 Å². The molecule has 0 aromatic carbocycles. The van der Waals surface area contributed by atoms with Crippen LogP contribution in [-0.4, -0.2) is 39.6 Å². The van der Waals surface area contributed by atoms with Gasteiger partial charge in [0.2, 0.25) is 0 Å². The Kier molecular flexibility index (Phi) is 5.98. The third-order valence-electron chi connectivity index (χ3n) is 10.5. The molecule has 8 unspecified atom stereocenters. The van der Waals surface area contributed by atoms with E-state index in [1.54, 1.807) is 6.20 Å². The van der Waals surface area contributed by atoms with E-state index in [2.05, 4.69) is 24.0 Å². The molecule has 1 N–H and O–H groups in total. The van der Waals surface area contributed by atoms with E-state index in [-0.39, 0.29) is 30.3 Å². The average molecular weight is 444 g/mol. The van der Waals surface area contributed by atoms with E-state index in [1.165, 1.54) is 49.7 Å². The molecule has 0 aliphatic heterocycles. The van der Waals surface area contributed by atoms with Crippen molar-refractivity contribution in [2.45, 2.75) is 84.8 Å². The van der Waals surface area contributed by atoms with Gasteiger partial charge < -0.3 is 9.84 Å². The Morgan fingerprint density at radius 1 is 1.19 bits per heavy atom. The summed E-state index contributed by atoms with van der Waals surface area (Å²) in [5, 5.41) is 17.7. The van der Waals surface area contributed by atoms with Crippen LogP contribution in [0.3, 0.4) is 0 Å². The Morgan fingerprint density at radius 2 is 2.03 bits per heavy atom. The maximum absolute atomic E-state index is 13.4. The largest absolute Gasteiger partial charge is 0.390 e. The quantitative estimate of drug-likeness (QED) is 0.711. The van der Waals surface area contributed by atoms with Crippen molar-refractivity contribution in [3.8, 4) is 0 Å². The highest BCUT2D eigenvalue weighted by atomic mass is 16.5. The van der Waals surface area contributed by atoms with E-state index in [1.807, 2.05) is 7.11 Å². The van der Waals surface area contributed by atoms with Crippen LogP contribution in [0.5, 0.6) is 0 Å². The standard InChI is InChI=1S/C26H41N3O3/c1-17-8-11-26(16-32-3)18(12-17)4-5-20-21-6-7-23(25(21,2)10-9-22(20)26)24(31)14-29-27-13-19(15-30)28-29/h13,17-18,20-23,30H,4-12,14-16H2,1-3H3. The zero-order valence-corrected chi connectivity index (χ0v) is 20.1. The highest BCUT2D eigenvalue weighted by molar-refractivity contribution is 5.82. The number of aromatic nitrogens is 3. The second-order valence-electron chi connectivity index (χ2n) is 11.9. The Hall–Kier alpha value is -1.27. The van der Waals surface area contributed by atoms with Crippen molar-refractivity contribution in [3.63, 3.8) is 0 Å². The van der Waals surface area contributed by atoms with Crippen molar-refractivity contribution in [1.29, 1.82) is 0 Å². The molecule has 1 aromatic heterocycles. The number of ketones is 1. The van der Waals surface area contributed by atoms with E-state index in [9.17, 15) is 9.90 Å².